The second kappa shape index (κ2) is 13.0. The number of carbonyl (C=O) groups is 2. The monoisotopic (exact) mass is 479 g/mol. The molecular formula is C26H26ClN3O4. The molecule has 34 heavy (non-hydrogen) atoms. The lowest BCUT2D eigenvalue weighted by molar-refractivity contribution is -0.123. The summed E-state index contributed by atoms with van der Waals surface area (Å²) in [6.45, 7) is 2.27. The van der Waals surface area contributed by atoms with Gasteiger partial charge in [-0.2, -0.15) is 5.10 Å². The molecule has 0 radical (unpaired) electrons. The van der Waals surface area contributed by atoms with Crippen LogP contribution < -0.4 is 15.5 Å². The second-order valence-corrected chi connectivity index (χ2v) is 7.70. The van der Waals surface area contributed by atoms with Crippen molar-refractivity contribution < 1.29 is 19.1 Å². The first kappa shape index (κ1) is 24.8. The Kier molecular flexibility index (Phi) is 9.49. The lowest BCUT2D eigenvalue weighted by Crippen LogP contribution is -2.47. The quantitative estimate of drug-likeness (QED) is 0.325. The highest BCUT2D eigenvalue weighted by Gasteiger charge is 2.21. The molecule has 3 aromatic rings. The molecule has 1 atom stereocenters. The molecule has 2 amide bonds. The summed E-state index contributed by atoms with van der Waals surface area (Å²) < 4.78 is 10.7. The third kappa shape index (κ3) is 7.94. The molecule has 0 aliphatic rings. The fraction of sp³-hybridized carbons (Fsp3) is 0.192. The lowest BCUT2D eigenvalue weighted by atomic mass is 10.1. The van der Waals surface area contributed by atoms with Gasteiger partial charge in [0.15, 0.2) is 0 Å². The first-order valence-electron chi connectivity index (χ1n) is 10.8. The van der Waals surface area contributed by atoms with E-state index in [0.717, 1.165) is 16.7 Å². The Morgan fingerprint density at radius 2 is 1.71 bits per heavy atom. The van der Waals surface area contributed by atoms with Gasteiger partial charge in [0.25, 0.3) is 5.91 Å². The van der Waals surface area contributed by atoms with Gasteiger partial charge in [0.05, 0.1) is 12.8 Å². The van der Waals surface area contributed by atoms with Gasteiger partial charge in [0.1, 0.15) is 18.4 Å². The van der Waals surface area contributed by atoms with Crippen molar-refractivity contribution in [2.45, 2.75) is 26.0 Å². The number of halogens is 1. The van der Waals surface area contributed by atoms with E-state index in [9.17, 15) is 9.59 Å². The molecule has 0 saturated carbocycles. The van der Waals surface area contributed by atoms with Gasteiger partial charge in [-0.3, -0.25) is 4.79 Å². The van der Waals surface area contributed by atoms with Gasteiger partial charge >= 0.3 is 6.09 Å². The number of hydrazone groups is 1. The summed E-state index contributed by atoms with van der Waals surface area (Å²) in [5, 5.41) is 7.26. The average molecular weight is 480 g/mol. The van der Waals surface area contributed by atoms with Crippen LogP contribution in [0.2, 0.25) is 5.02 Å². The fourth-order valence-electron chi connectivity index (χ4n) is 3.05. The third-order valence-corrected chi connectivity index (χ3v) is 5.16. The van der Waals surface area contributed by atoms with E-state index in [-0.39, 0.29) is 6.61 Å². The van der Waals surface area contributed by atoms with E-state index in [4.69, 9.17) is 21.1 Å². The fourth-order valence-corrected chi connectivity index (χ4v) is 3.24. The minimum atomic E-state index is -0.834. The molecule has 0 unspecified atom stereocenters. The van der Waals surface area contributed by atoms with Crippen LogP contribution in [0.3, 0.4) is 0 Å². The van der Waals surface area contributed by atoms with Crippen LogP contribution >= 0.6 is 11.6 Å². The number of alkyl carbamates (subject to hydrolysis) is 1. The van der Waals surface area contributed by atoms with E-state index in [1.165, 1.54) is 6.21 Å². The number of amides is 2. The molecule has 0 aromatic heterocycles. The summed E-state index contributed by atoms with van der Waals surface area (Å²) in [4.78, 5) is 24.5. The van der Waals surface area contributed by atoms with Crippen molar-refractivity contribution >= 4 is 29.8 Å². The molecule has 3 aromatic carbocycles. The van der Waals surface area contributed by atoms with Crippen LogP contribution in [0.15, 0.2) is 84.0 Å². The van der Waals surface area contributed by atoms with E-state index < -0.39 is 18.0 Å². The number of hydrogen-bond acceptors (Lipinski definition) is 5. The Bertz CT molecular complexity index is 1100. The van der Waals surface area contributed by atoms with Crippen LogP contribution in [-0.2, 0) is 22.6 Å². The SMILES string of the molecule is CCOC(=O)N[C@H](Cc1ccccc1)C(=O)N/N=C\c1ccc(OCc2ccccc2Cl)cc1. The molecule has 0 spiro atoms. The van der Waals surface area contributed by atoms with E-state index in [1.54, 1.807) is 19.1 Å². The number of benzene rings is 3. The van der Waals surface area contributed by atoms with E-state index in [1.807, 2.05) is 66.7 Å². The smallest absolute Gasteiger partial charge is 0.407 e. The number of nitrogens with zero attached hydrogens (tertiary/aromatic N) is 1. The van der Waals surface area contributed by atoms with Crippen molar-refractivity contribution in [1.29, 1.82) is 0 Å². The molecule has 0 aliphatic carbocycles. The van der Waals surface area contributed by atoms with Crippen molar-refractivity contribution in [3.8, 4) is 5.75 Å². The van der Waals surface area contributed by atoms with Crippen LogP contribution in [0, 0.1) is 0 Å². The van der Waals surface area contributed by atoms with Crippen molar-refractivity contribution in [1.82, 2.24) is 10.7 Å². The van der Waals surface area contributed by atoms with Gasteiger partial charge < -0.3 is 14.8 Å². The van der Waals surface area contributed by atoms with Gasteiger partial charge in [0, 0.05) is 17.0 Å². The maximum atomic E-state index is 12.7. The van der Waals surface area contributed by atoms with Gasteiger partial charge in [0.2, 0.25) is 0 Å². The zero-order valence-electron chi connectivity index (χ0n) is 18.7. The molecule has 2 N–H and O–H groups in total. The molecule has 0 fully saturated rings. The summed E-state index contributed by atoms with van der Waals surface area (Å²) in [6.07, 6.45) is 1.16. The number of rotatable bonds is 10. The van der Waals surface area contributed by atoms with Crippen molar-refractivity contribution in [2.24, 2.45) is 5.10 Å². The van der Waals surface area contributed by atoms with Crippen LogP contribution in [0.5, 0.6) is 5.75 Å². The highest BCUT2D eigenvalue weighted by molar-refractivity contribution is 6.31. The molecule has 176 valence electrons. The standard InChI is InChI=1S/C26H26ClN3O4/c1-2-33-26(32)29-24(16-19-8-4-3-5-9-19)25(31)30-28-17-20-12-14-22(15-13-20)34-18-21-10-6-7-11-23(21)27/h3-15,17,24H,2,16,18H2,1H3,(H,29,32)(H,30,31)/b28-17-/t24-/m1/s1. The summed E-state index contributed by atoms with van der Waals surface area (Å²) >= 11 is 6.15. The highest BCUT2D eigenvalue weighted by atomic mass is 35.5. The van der Waals surface area contributed by atoms with Crippen molar-refractivity contribution in [3.05, 3.63) is 101 Å². The van der Waals surface area contributed by atoms with E-state index in [2.05, 4.69) is 15.8 Å². The van der Waals surface area contributed by atoms with Crippen molar-refractivity contribution in [2.75, 3.05) is 6.61 Å². The van der Waals surface area contributed by atoms with Gasteiger partial charge in [-0.15, -0.1) is 0 Å². The maximum Gasteiger partial charge on any atom is 0.407 e. The van der Waals surface area contributed by atoms with E-state index >= 15 is 0 Å². The van der Waals surface area contributed by atoms with Gasteiger partial charge in [-0.05, 0) is 48.4 Å². The first-order chi connectivity index (χ1) is 16.5. The molecule has 0 bridgehead atoms. The second-order valence-electron chi connectivity index (χ2n) is 7.29. The molecule has 8 heteroatoms. The predicted molar refractivity (Wildman–Crippen MR) is 132 cm³/mol. The number of nitrogens with one attached hydrogen (secondary N) is 2. The number of carbonyl (C=O) groups excluding carboxylic acids is 2. The molecule has 0 saturated heterocycles. The van der Waals surface area contributed by atoms with Gasteiger partial charge in [-0.25, -0.2) is 10.2 Å². The zero-order chi connectivity index (χ0) is 24.2. The van der Waals surface area contributed by atoms with Crippen LogP contribution in [-0.4, -0.2) is 30.9 Å². The number of hydrogen-bond donors (Lipinski definition) is 2. The first-order valence-corrected chi connectivity index (χ1v) is 11.2. The largest absolute Gasteiger partial charge is 0.489 e. The Hall–Kier alpha value is -3.84. The van der Waals surface area contributed by atoms with Crippen LogP contribution in [0.1, 0.15) is 23.6 Å². The topological polar surface area (TPSA) is 89.0 Å². The van der Waals surface area contributed by atoms with E-state index in [0.29, 0.717) is 23.8 Å². The summed E-state index contributed by atoms with van der Waals surface area (Å²) in [5.74, 6) is 0.232. The van der Waals surface area contributed by atoms with Crippen LogP contribution in [0.25, 0.3) is 0 Å². The summed E-state index contributed by atoms with van der Waals surface area (Å²) in [7, 11) is 0. The number of ether oxygens (including phenoxy) is 2. The molecule has 0 aliphatic heterocycles. The minimum absolute atomic E-state index is 0.210. The maximum absolute atomic E-state index is 12.7. The zero-order valence-corrected chi connectivity index (χ0v) is 19.5. The molecule has 0 heterocycles. The van der Waals surface area contributed by atoms with Crippen LogP contribution in [0.4, 0.5) is 4.79 Å². The Labute approximate surface area is 203 Å². The summed E-state index contributed by atoms with van der Waals surface area (Å²) in [5.41, 5.74) is 5.05. The molecule has 7 nitrogen and oxygen atoms in total. The summed E-state index contributed by atoms with van der Waals surface area (Å²) in [6, 6.07) is 23.3. The normalized spacial score (nSPS) is 11.6. The third-order valence-electron chi connectivity index (χ3n) is 4.79. The van der Waals surface area contributed by atoms with Crippen molar-refractivity contribution in [3.63, 3.8) is 0 Å². The lowest BCUT2D eigenvalue weighted by Gasteiger charge is -2.16. The Balaban J connectivity index is 1.55. The Morgan fingerprint density at radius 1 is 1.00 bits per heavy atom. The predicted octanol–water partition coefficient (Wildman–Crippen LogP) is 4.73. The highest BCUT2D eigenvalue weighted by Crippen LogP contribution is 2.18. The average Bonchev–Trinajstić information content (AvgIpc) is 2.85. The van der Waals surface area contributed by atoms with Gasteiger partial charge in [-0.1, -0.05) is 60.1 Å². The molecule has 3 rings (SSSR count). The minimum Gasteiger partial charge on any atom is -0.489 e. The Morgan fingerprint density at radius 3 is 2.41 bits per heavy atom. The molecular weight excluding hydrogens is 454 g/mol.